The smallest absolute Gasteiger partial charge is 0.329 e. The molecule has 1 aliphatic heterocycles. The van der Waals surface area contributed by atoms with Crippen molar-refractivity contribution in [3.8, 4) is 5.75 Å². The summed E-state index contributed by atoms with van der Waals surface area (Å²) >= 11 is 12.7. The number of nitro groups is 1. The van der Waals surface area contributed by atoms with Crippen molar-refractivity contribution in [2.24, 2.45) is 0 Å². The highest BCUT2D eigenvalue weighted by Gasteiger charge is 2.33. The number of non-ortho nitro benzene ring substituents is 1. The number of nitrogens with zero attached hydrogens (tertiary/aromatic N) is 2. The number of halogens is 3. The number of carbonyl (C=O) groups is 2. The van der Waals surface area contributed by atoms with Gasteiger partial charge in [-0.25, -0.2) is 9.18 Å². The molecule has 0 saturated carbocycles. The van der Waals surface area contributed by atoms with Crippen LogP contribution in [0.25, 0.3) is 6.08 Å². The SMILES string of the molecule is O=C1N/C(=C/c2cc(Cl)c(OCc3ccc([N+](=O)[O-])cc3)c(Cl)c2)C(=O)N1Cc1ccc(F)cc1. The zero-order valence-corrected chi connectivity index (χ0v) is 19.3. The van der Waals surface area contributed by atoms with Crippen molar-refractivity contribution in [1.82, 2.24) is 10.2 Å². The van der Waals surface area contributed by atoms with Gasteiger partial charge in [0.05, 0.1) is 21.5 Å². The topological polar surface area (TPSA) is 102 Å². The number of ether oxygens (including phenoxy) is 1. The van der Waals surface area contributed by atoms with Gasteiger partial charge in [-0.2, -0.15) is 0 Å². The van der Waals surface area contributed by atoms with Crippen LogP contribution >= 0.6 is 23.2 Å². The molecule has 1 N–H and O–H groups in total. The Balaban J connectivity index is 1.47. The highest BCUT2D eigenvalue weighted by Crippen LogP contribution is 2.35. The third-order valence-corrected chi connectivity index (χ3v) is 5.64. The fourth-order valence-electron chi connectivity index (χ4n) is 3.32. The molecular weight excluding hydrogens is 500 g/mol. The maximum Gasteiger partial charge on any atom is 0.329 e. The minimum atomic E-state index is -0.606. The van der Waals surface area contributed by atoms with Gasteiger partial charge in [-0.15, -0.1) is 0 Å². The lowest BCUT2D eigenvalue weighted by Crippen LogP contribution is -2.30. The van der Waals surface area contributed by atoms with E-state index in [0.29, 0.717) is 16.7 Å². The first-order valence-electron chi connectivity index (χ1n) is 10.2. The van der Waals surface area contributed by atoms with Gasteiger partial charge in [0, 0.05) is 12.1 Å². The van der Waals surface area contributed by atoms with Crippen molar-refractivity contribution in [3.63, 3.8) is 0 Å². The van der Waals surface area contributed by atoms with E-state index in [1.807, 2.05) is 0 Å². The van der Waals surface area contributed by atoms with Crippen LogP contribution in [0.4, 0.5) is 14.9 Å². The van der Waals surface area contributed by atoms with Gasteiger partial charge in [-0.1, -0.05) is 35.3 Å². The van der Waals surface area contributed by atoms with Gasteiger partial charge in [0.2, 0.25) is 0 Å². The van der Waals surface area contributed by atoms with Crippen LogP contribution in [-0.4, -0.2) is 21.8 Å². The summed E-state index contributed by atoms with van der Waals surface area (Å²) in [5, 5.41) is 13.6. The number of imide groups is 1. The highest BCUT2D eigenvalue weighted by atomic mass is 35.5. The van der Waals surface area contributed by atoms with E-state index in [0.717, 1.165) is 4.90 Å². The minimum Gasteiger partial charge on any atom is -0.486 e. The van der Waals surface area contributed by atoms with Crippen LogP contribution in [0.3, 0.4) is 0 Å². The summed E-state index contributed by atoms with van der Waals surface area (Å²) < 4.78 is 18.8. The lowest BCUT2D eigenvalue weighted by atomic mass is 10.1. The van der Waals surface area contributed by atoms with Crippen molar-refractivity contribution in [1.29, 1.82) is 0 Å². The van der Waals surface area contributed by atoms with E-state index < -0.39 is 22.7 Å². The Labute approximate surface area is 208 Å². The lowest BCUT2D eigenvalue weighted by Gasteiger charge is -2.12. The Hall–Kier alpha value is -3.95. The molecule has 35 heavy (non-hydrogen) atoms. The lowest BCUT2D eigenvalue weighted by molar-refractivity contribution is -0.384. The molecule has 0 aliphatic carbocycles. The molecule has 8 nitrogen and oxygen atoms in total. The largest absolute Gasteiger partial charge is 0.486 e. The molecule has 1 aliphatic rings. The Kier molecular flexibility index (Phi) is 6.99. The van der Waals surface area contributed by atoms with Crippen molar-refractivity contribution in [3.05, 3.63) is 109 Å². The quantitative estimate of drug-likeness (QED) is 0.188. The molecule has 0 bridgehead atoms. The van der Waals surface area contributed by atoms with Crippen molar-refractivity contribution >= 4 is 46.9 Å². The molecule has 3 amide bonds. The first-order valence-corrected chi connectivity index (χ1v) is 10.9. The van der Waals surface area contributed by atoms with Crippen molar-refractivity contribution < 1.29 is 23.6 Å². The van der Waals surface area contributed by atoms with Gasteiger partial charge in [-0.3, -0.25) is 19.8 Å². The van der Waals surface area contributed by atoms with E-state index in [4.69, 9.17) is 27.9 Å². The van der Waals surface area contributed by atoms with Crippen LogP contribution in [0.5, 0.6) is 5.75 Å². The third-order valence-electron chi connectivity index (χ3n) is 5.08. The van der Waals surface area contributed by atoms with E-state index >= 15 is 0 Å². The second-order valence-electron chi connectivity index (χ2n) is 7.53. The molecule has 4 rings (SSSR count). The zero-order valence-electron chi connectivity index (χ0n) is 17.8. The summed E-state index contributed by atoms with van der Waals surface area (Å²) in [5.41, 5.74) is 1.72. The van der Waals surface area contributed by atoms with Crippen LogP contribution in [0.1, 0.15) is 16.7 Å². The van der Waals surface area contributed by atoms with Crippen LogP contribution in [0, 0.1) is 15.9 Å². The van der Waals surface area contributed by atoms with E-state index in [9.17, 15) is 24.1 Å². The van der Waals surface area contributed by atoms with E-state index in [-0.39, 0.29) is 40.3 Å². The van der Waals surface area contributed by atoms with Gasteiger partial charge in [-0.05, 0) is 59.2 Å². The predicted molar refractivity (Wildman–Crippen MR) is 127 cm³/mol. The Bertz CT molecular complexity index is 1320. The van der Waals surface area contributed by atoms with Gasteiger partial charge in [0.1, 0.15) is 18.1 Å². The molecule has 1 saturated heterocycles. The Morgan fingerprint density at radius 3 is 2.20 bits per heavy atom. The number of amides is 3. The Morgan fingerprint density at radius 1 is 1.00 bits per heavy atom. The normalized spacial score (nSPS) is 14.4. The average Bonchev–Trinajstić information content (AvgIpc) is 3.07. The number of nitrogens with one attached hydrogen (secondary N) is 1. The fourth-order valence-corrected chi connectivity index (χ4v) is 3.94. The molecule has 0 unspecified atom stereocenters. The van der Waals surface area contributed by atoms with E-state index in [1.54, 1.807) is 12.1 Å². The molecule has 0 aromatic heterocycles. The van der Waals surface area contributed by atoms with E-state index in [2.05, 4.69) is 5.32 Å². The molecule has 0 atom stereocenters. The van der Waals surface area contributed by atoms with Gasteiger partial charge >= 0.3 is 6.03 Å². The first-order chi connectivity index (χ1) is 16.7. The van der Waals surface area contributed by atoms with Gasteiger partial charge in [0.15, 0.2) is 5.75 Å². The summed E-state index contributed by atoms with van der Waals surface area (Å²) in [4.78, 5) is 36.3. The third kappa shape index (κ3) is 5.59. The summed E-state index contributed by atoms with van der Waals surface area (Å²) in [6.07, 6.45) is 1.43. The van der Waals surface area contributed by atoms with Crippen molar-refractivity contribution in [2.45, 2.75) is 13.2 Å². The van der Waals surface area contributed by atoms with Crippen LogP contribution < -0.4 is 10.1 Å². The molecule has 1 fully saturated rings. The average molecular weight is 516 g/mol. The second-order valence-corrected chi connectivity index (χ2v) is 8.35. The minimum absolute atomic E-state index is 0.0147. The molecule has 0 radical (unpaired) electrons. The molecule has 1 heterocycles. The van der Waals surface area contributed by atoms with Gasteiger partial charge < -0.3 is 10.1 Å². The maximum atomic E-state index is 13.1. The molecular formula is C24H16Cl2FN3O5. The maximum absolute atomic E-state index is 13.1. The predicted octanol–water partition coefficient (Wildman–Crippen LogP) is 5.71. The summed E-state index contributed by atoms with van der Waals surface area (Å²) in [5.74, 6) is -0.765. The summed E-state index contributed by atoms with van der Waals surface area (Å²) in [7, 11) is 0. The zero-order chi connectivity index (χ0) is 25.1. The first kappa shape index (κ1) is 24.2. The number of urea groups is 1. The highest BCUT2D eigenvalue weighted by molar-refractivity contribution is 6.37. The van der Waals surface area contributed by atoms with Crippen LogP contribution in [0.15, 0.2) is 66.4 Å². The molecule has 11 heteroatoms. The molecule has 178 valence electrons. The second kappa shape index (κ2) is 10.1. The standard InChI is InChI=1S/C24H16Cl2FN3O5/c25-19-9-16(10-20(26)22(19)35-13-15-3-7-18(8-4-15)30(33)34)11-21-23(31)29(24(32)28-21)12-14-1-5-17(27)6-2-14/h1-11H,12-13H2,(H,28,32)/b21-11+. The van der Waals surface area contributed by atoms with Crippen LogP contribution in [-0.2, 0) is 17.9 Å². The Morgan fingerprint density at radius 2 is 1.60 bits per heavy atom. The monoisotopic (exact) mass is 515 g/mol. The van der Waals surface area contributed by atoms with Crippen molar-refractivity contribution in [2.75, 3.05) is 0 Å². The number of hydrogen-bond acceptors (Lipinski definition) is 5. The van der Waals surface area contributed by atoms with Crippen LogP contribution in [0.2, 0.25) is 10.0 Å². The fraction of sp³-hybridized carbons (Fsp3) is 0.0833. The van der Waals surface area contributed by atoms with E-state index in [1.165, 1.54) is 54.6 Å². The summed E-state index contributed by atoms with van der Waals surface area (Å²) in [6.45, 7) is 0.0595. The molecule has 3 aromatic rings. The summed E-state index contributed by atoms with van der Waals surface area (Å²) in [6, 6.07) is 13.8. The number of hydrogen-bond donors (Lipinski definition) is 1. The molecule has 3 aromatic carbocycles. The van der Waals surface area contributed by atoms with Gasteiger partial charge in [0.25, 0.3) is 11.6 Å². The number of carbonyl (C=O) groups excluding carboxylic acids is 2. The molecule has 0 spiro atoms. The number of rotatable bonds is 7. The number of nitro benzene ring substituents is 1. The number of benzene rings is 3.